The molecule has 14 heteroatoms. The highest BCUT2D eigenvalue weighted by Crippen LogP contribution is 2.19. The fourth-order valence-corrected chi connectivity index (χ4v) is 2.75. The van der Waals surface area contributed by atoms with E-state index >= 15 is 0 Å². The third-order valence-electron chi connectivity index (χ3n) is 2.85. The Morgan fingerprint density at radius 2 is 1.88 bits per heavy atom. The fraction of sp³-hybridized carbons (Fsp3) is 0.417. The molecule has 0 fully saturated rings. The molecule has 152 valence electrons. The van der Waals surface area contributed by atoms with Gasteiger partial charge >= 0.3 is 0 Å². The summed E-state index contributed by atoms with van der Waals surface area (Å²) in [7, 11) is -4.89. The summed E-state index contributed by atoms with van der Waals surface area (Å²) in [5.41, 5.74) is 10.0. The van der Waals surface area contributed by atoms with E-state index in [4.69, 9.17) is 30.1 Å². The van der Waals surface area contributed by atoms with Gasteiger partial charge in [-0.15, -0.1) is 12.4 Å². The topological polar surface area (TPSA) is 219 Å². The molecule has 0 bridgehead atoms. The maximum atomic E-state index is 8.98. The summed E-state index contributed by atoms with van der Waals surface area (Å²) >= 11 is 1.65. The van der Waals surface area contributed by atoms with Crippen LogP contribution < -0.4 is 15.2 Å². The van der Waals surface area contributed by atoms with Crippen LogP contribution in [-0.2, 0) is 17.5 Å². The highest BCUT2D eigenvalue weighted by Gasteiger charge is 2.16. The number of nitrogens with two attached hydrogens (primary N) is 1. The molecule has 0 atom stereocenters. The first kappa shape index (κ1) is 29.5. The maximum absolute atomic E-state index is 8.98. The molecular formula is C12H24ClN4O7PS. The van der Waals surface area contributed by atoms with Gasteiger partial charge in [-0.25, -0.2) is 9.97 Å². The number of aliphatic hydroxyl groups excluding tert-OH is 1. The van der Waals surface area contributed by atoms with Crippen LogP contribution >= 0.6 is 31.6 Å². The third kappa shape index (κ3) is 10.7. The number of hydrogen-bond acceptors (Lipinski definition) is 7. The number of aromatic nitrogens is 3. The zero-order valence-electron chi connectivity index (χ0n) is 14.1. The Morgan fingerprint density at radius 3 is 2.35 bits per heavy atom. The van der Waals surface area contributed by atoms with Crippen LogP contribution in [0.15, 0.2) is 11.7 Å². The quantitative estimate of drug-likeness (QED) is 0.305. The van der Waals surface area contributed by atoms with Crippen LogP contribution in [0.1, 0.15) is 22.0 Å². The average molecular weight is 435 g/mol. The largest absolute Gasteiger partial charge is 0.756 e. The molecule has 2 aromatic rings. The molecule has 26 heavy (non-hydrogen) atoms. The van der Waals surface area contributed by atoms with Gasteiger partial charge in [-0.3, -0.25) is 4.57 Å². The highest BCUT2D eigenvalue weighted by molar-refractivity contribution is 7.43. The molecule has 0 aliphatic heterocycles. The third-order valence-corrected chi connectivity index (χ3v) is 4.00. The van der Waals surface area contributed by atoms with Gasteiger partial charge in [0.05, 0.1) is 10.4 Å². The summed E-state index contributed by atoms with van der Waals surface area (Å²) < 4.78 is 10.9. The summed E-state index contributed by atoms with van der Waals surface area (Å²) in [6.07, 6.45) is 2.47. The van der Waals surface area contributed by atoms with Gasteiger partial charge in [0.15, 0.2) is 12.2 Å². The van der Waals surface area contributed by atoms with Crippen molar-refractivity contribution in [2.45, 2.75) is 26.8 Å². The second-order valence-electron chi connectivity index (χ2n) is 4.65. The fourth-order valence-electron chi connectivity index (χ4n) is 1.77. The van der Waals surface area contributed by atoms with Crippen LogP contribution in [-0.4, -0.2) is 42.4 Å². The minimum absolute atomic E-state index is 0. The number of phosphoric acid groups is 1. The predicted octanol–water partition coefficient (Wildman–Crippen LogP) is -2.18. The summed E-state index contributed by atoms with van der Waals surface area (Å²) in [5.74, 6) is 1.22. The van der Waals surface area contributed by atoms with Gasteiger partial charge in [0.1, 0.15) is 11.6 Å². The van der Waals surface area contributed by atoms with Crippen molar-refractivity contribution in [3.8, 4) is 0 Å². The van der Waals surface area contributed by atoms with Crippen LogP contribution in [0, 0.1) is 13.8 Å². The number of anilines is 1. The van der Waals surface area contributed by atoms with Crippen LogP contribution in [0.25, 0.3) is 0 Å². The first-order valence-electron chi connectivity index (χ1n) is 6.53. The minimum atomic E-state index is -4.89. The summed E-state index contributed by atoms with van der Waals surface area (Å²) in [5, 5.41) is 8.98. The van der Waals surface area contributed by atoms with E-state index in [0.29, 0.717) is 24.6 Å². The van der Waals surface area contributed by atoms with Crippen LogP contribution in [0.3, 0.4) is 0 Å². The summed E-state index contributed by atoms with van der Waals surface area (Å²) in [4.78, 5) is 32.4. The number of rotatable bonds is 4. The molecular weight excluding hydrogens is 411 g/mol. The van der Waals surface area contributed by atoms with E-state index in [0.717, 1.165) is 11.3 Å². The Bertz CT molecular complexity index is 705. The van der Waals surface area contributed by atoms with Crippen molar-refractivity contribution in [3.05, 3.63) is 33.7 Å². The molecule has 2 aromatic heterocycles. The molecule has 0 radical (unpaired) electrons. The Kier molecular flexibility index (Phi) is 14.8. The van der Waals surface area contributed by atoms with Gasteiger partial charge in [-0.2, -0.15) is 4.57 Å². The van der Waals surface area contributed by atoms with Crippen molar-refractivity contribution >= 4 is 37.4 Å². The molecule has 0 saturated heterocycles. The van der Waals surface area contributed by atoms with E-state index in [1.54, 1.807) is 17.5 Å². The Labute approximate surface area is 160 Å². The first-order valence-corrected chi connectivity index (χ1v) is 8.94. The van der Waals surface area contributed by atoms with Crippen molar-refractivity contribution in [3.63, 3.8) is 0 Å². The van der Waals surface area contributed by atoms with E-state index < -0.39 is 7.82 Å². The number of nitrogens with zero attached hydrogens (tertiary/aromatic N) is 3. The van der Waals surface area contributed by atoms with Gasteiger partial charge in [0, 0.05) is 26.1 Å². The molecule has 0 unspecified atom stereocenters. The first-order chi connectivity index (χ1) is 10.6. The zero-order valence-corrected chi connectivity index (χ0v) is 16.6. The molecule has 0 amide bonds. The molecule has 2 rings (SSSR count). The second-order valence-corrected chi connectivity index (χ2v) is 6.57. The van der Waals surface area contributed by atoms with Gasteiger partial charge in [0.25, 0.3) is 7.82 Å². The summed E-state index contributed by atoms with van der Waals surface area (Å²) in [6.45, 7) is 4.71. The molecule has 11 nitrogen and oxygen atoms in total. The van der Waals surface area contributed by atoms with E-state index in [1.807, 2.05) is 19.4 Å². The second kappa shape index (κ2) is 13.0. The number of hydrogen-bond donors (Lipinski definition) is 4. The van der Waals surface area contributed by atoms with Crippen LogP contribution in [0.4, 0.5) is 5.82 Å². The molecule has 0 aliphatic rings. The SMILES string of the molecule is Cc1ncc(C[n+]2csc(CCO)c2C)c(N)n1.Cl.O.O.O=P([O-])(O)O. The predicted molar refractivity (Wildman–Crippen MR) is 96.8 cm³/mol. The smallest absolute Gasteiger partial charge is 0.262 e. The van der Waals surface area contributed by atoms with E-state index in [1.165, 1.54) is 4.88 Å². The monoisotopic (exact) mass is 434 g/mol. The Balaban J connectivity index is -0.000000590. The van der Waals surface area contributed by atoms with Crippen molar-refractivity contribution in [1.29, 1.82) is 0 Å². The normalized spacial score (nSPS) is 9.77. The van der Waals surface area contributed by atoms with Gasteiger partial charge in [0.2, 0.25) is 5.51 Å². The van der Waals surface area contributed by atoms with E-state index in [2.05, 4.69) is 14.5 Å². The number of halogens is 1. The number of thiazole rings is 1. The molecule has 2 heterocycles. The van der Waals surface area contributed by atoms with Crippen molar-refractivity contribution in [2.75, 3.05) is 12.3 Å². The molecule has 0 aliphatic carbocycles. The lowest BCUT2D eigenvalue weighted by Gasteiger charge is -2.01. The van der Waals surface area contributed by atoms with Crippen molar-refractivity contribution in [2.24, 2.45) is 0 Å². The lowest BCUT2D eigenvalue weighted by Crippen LogP contribution is -2.35. The van der Waals surface area contributed by atoms with Gasteiger partial charge < -0.3 is 36.5 Å². The number of aryl methyl sites for hydroxylation is 1. The molecule has 0 aromatic carbocycles. The molecule has 0 spiro atoms. The molecule has 0 saturated carbocycles. The lowest BCUT2D eigenvalue weighted by molar-refractivity contribution is -0.689. The number of nitrogen functional groups attached to an aromatic ring is 1. The summed E-state index contributed by atoms with van der Waals surface area (Å²) in [6, 6.07) is 0. The standard InChI is InChI=1S/C12H17N4OS.ClH.H3O4P.2H2O/c1-8-11(3-4-17)18-7-16(8)6-10-5-14-9(2)15-12(10)13;;1-5(2,3)4;;/h5,7,17H,3-4,6H2,1-2H3,(H2,13,14,15);1H;(H3,1,2,3,4);2*1H2/q+1;;;;/p-1. The maximum Gasteiger partial charge on any atom is 0.262 e. The minimum Gasteiger partial charge on any atom is -0.756 e. The van der Waals surface area contributed by atoms with Crippen LogP contribution in [0.5, 0.6) is 0 Å². The van der Waals surface area contributed by atoms with Crippen LogP contribution in [0.2, 0.25) is 0 Å². The van der Waals surface area contributed by atoms with E-state index in [9.17, 15) is 0 Å². The van der Waals surface area contributed by atoms with E-state index in [-0.39, 0.29) is 30.0 Å². The average Bonchev–Trinajstić information content (AvgIpc) is 2.73. The Hall–Kier alpha value is -1.21. The highest BCUT2D eigenvalue weighted by atomic mass is 35.5. The van der Waals surface area contributed by atoms with Crippen molar-refractivity contribution < 1.29 is 39.9 Å². The van der Waals surface area contributed by atoms with Gasteiger partial charge in [-0.05, 0) is 6.92 Å². The lowest BCUT2D eigenvalue weighted by atomic mass is 10.2. The number of aliphatic hydroxyl groups is 1. The zero-order chi connectivity index (χ0) is 17.6. The molecule has 9 N–H and O–H groups in total. The Morgan fingerprint density at radius 1 is 1.35 bits per heavy atom. The van der Waals surface area contributed by atoms with Gasteiger partial charge in [-0.1, -0.05) is 11.3 Å². The van der Waals surface area contributed by atoms with Crippen molar-refractivity contribution in [1.82, 2.24) is 9.97 Å².